The van der Waals surface area contributed by atoms with Crippen molar-refractivity contribution in [2.45, 2.75) is 39.5 Å². The van der Waals surface area contributed by atoms with Gasteiger partial charge < -0.3 is 14.5 Å². The van der Waals surface area contributed by atoms with Crippen molar-refractivity contribution in [3.05, 3.63) is 33.4 Å². The summed E-state index contributed by atoms with van der Waals surface area (Å²) in [5, 5.41) is 12.6. The van der Waals surface area contributed by atoms with E-state index in [0.29, 0.717) is 18.9 Å². The van der Waals surface area contributed by atoms with E-state index in [1.165, 1.54) is 0 Å². The first-order chi connectivity index (χ1) is 10.3. The molecule has 0 saturated heterocycles. The fourth-order valence-electron chi connectivity index (χ4n) is 1.73. The maximum absolute atomic E-state index is 11.8. The van der Waals surface area contributed by atoms with Crippen LogP contribution in [0.3, 0.4) is 0 Å². The molecule has 2 aromatic heterocycles. The lowest BCUT2D eigenvalue weighted by Crippen LogP contribution is -2.27. The zero-order valence-corrected chi connectivity index (χ0v) is 14.9. The minimum atomic E-state index is -0.543. The van der Waals surface area contributed by atoms with Gasteiger partial charge in [-0.2, -0.15) is 5.10 Å². The monoisotopic (exact) mass is 418 g/mol. The van der Waals surface area contributed by atoms with Gasteiger partial charge in [0.15, 0.2) is 3.77 Å². The lowest BCUT2D eigenvalue weighted by Gasteiger charge is -2.19. The van der Waals surface area contributed by atoms with E-state index >= 15 is 0 Å². The van der Waals surface area contributed by atoms with Crippen LogP contribution in [0.4, 0.5) is 10.6 Å². The van der Waals surface area contributed by atoms with Gasteiger partial charge in [0, 0.05) is 12.1 Å². The molecule has 0 bridgehead atoms. The van der Waals surface area contributed by atoms with Gasteiger partial charge in [-0.3, -0.25) is 10.4 Å². The lowest BCUT2D eigenvalue weighted by atomic mass is 10.2. The van der Waals surface area contributed by atoms with E-state index in [1.807, 2.05) is 32.9 Å². The van der Waals surface area contributed by atoms with Crippen LogP contribution in [-0.2, 0) is 17.8 Å². The Hall–Kier alpha value is -1.55. The van der Waals surface area contributed by atoms with Crippen LogP contribution in [0.25, 0.3) is 0 Å². The number of amides is 1. The number of anilines is 1. The molecule has 0 atom stereocenters. The molecule has 0 spiro atoms. The molecule has 0 aliphatic heterocycles. The summed E-state index contributed by atoms with van der Waals surface area (Å²) >= 11 is 2.12. The van der Waals surface area contributed by atoms with Crippen molar-refractivity contribution < 1.29 is 13.9 Å². The average molecular weight is 418 g/mol. The molecule has 0 aliphatic carbocycles. The quantitative estimate of drug-likeness (QED) is 0.649. The molecular formula is C14H19IN4O3. The Bertz CT molecular complexity index is 630. The van der Waals surface area contributed by atoms with Gasteiger partial charge in [-0.05, 0) is 55.5 Å². The molecule has 2 rings (SSSR count). The molecule has 0 unspecified atom stereocenters. The van der Waals surface area contributed by atoms with Crippen molar-refractivity contribution in [3.63, 3.8) is 0 Å². The van der Waals surface area contributed by atoms with Gasteiger partial charge in [-0.25, -0.2) is 4.79 Å². The zero-order valence-electron chi connectivity index (χ0n) is 12.7. The summed E-state index contributed by atoms with van der Waals surface area (Å²) in [5.41, 5.74) is 0.297. The van der Waals surface area contributed by atoms with E-state index in [4.69, 9.17) is 9.15 Å². The number of furan rings is 1. The van der Waals surface area contributed by atoms with Gasteiger partial charge >= 0.3 is 6.09 Å². The number of H-pyrrole nitrogens is 1. The van der Waals surface area contributed by atoms with E-state index < -0.39 is 11.7 Å². The highest BCUT2D eigenvalue weighted by molar-refractivity contribution is 14.1. The van der Waals surface area contributed by atoms with Crippen molar-refractivity contribution in [3.8, 4) is 0 Å². The summed E-state index contributed by atoms with van der Waals surface area (Å²) < 4.78 is 11.5. The summed E-state index contributed by atoms with van der Waals surface area (Å²) in [7, 11) is 0. The summed E-state index contributed by atoms with van der Waals surface area (Å²) in [6.45, 7) is 6.57. The Kier molecular flexibility index (Phi) is 5.46. The van der Waals surface area contributed by atoms with E-state index in [2.05, 4.69) is 43.4 Å². The number of halogens is 1. The molecule has 2 aromatic rings. The van der Waals surface area contributed by atoms with Crippen LogP contribution in [0, 0.1) is 3.77 Å². The van der Waals surface area contributed by atoms with Crippen LogP contribution in [-0.4, -0.2) is 21.9 Å². The highest BCUT2D eigenvalue weighted by atomic mass is 127. The number of hydrogen-bond donors (Lipinski definition) is 3. The Morgan fingerprint density at radius 1 is 1.41 bits per heavy atom. The molecule has 2 heterocycles. The number of ether oxygens (including phenoxy) is 1. The second kappa shape index (κ2) is 7.14. The summed E-state index contributed by atoms with van der Waals surface area (Å²) in [5.74, 6) is 1.38. The topological polar surface area (TPSA) is 92.2 Å². The number of aromatic amines is 1. The predicted molar refractivity (Wildman–Crippen MR) is 90.4 cm³/mol. The first kappa shape index (κ1) is 16.8. The SMILES string of the molecule is CC(C)(C)OC(=O)Nc1[nH]ncc1CNCc1ccc(I)o1. The largest absolute Gasteiger partial charge is 0.454 e. The zero-order chi connectivity index (χ0) is 16.2. The second-order valence-electron chi connectivity index (χ2n) is 5.71. The molecule has 0 saturated carbocycles. The molecule has 0 aliphatic rings. The fourth-order valence-corrected chi connectivity index (χ4v) is 2.19. The minimum Gasteiger partial charge on any atom is -0.454 e. The molecule has 22 heavy (non-hydrogen) atoms. The lowest BCUT2D eigenvalue weighted by molar-refractivity contribution is 0.0635. The van der Waals surface area contributed by atoms with E-state index in [1.54, 1.807) is 6.20 Å². The number of carbonyl (C=O) groups is 1. The highest BCUT2D eigenvalue weighted by Crippen LogP contribution is 2.14. The number of rotatable bonds is 5. The van der Waals surface area contributed by atoms with Crippen molar-refractivity contribution in [1.82, 2.24) is 15.5 Å². The maximum atomic E-state index is 11.8. The third-order valence-corrected chi connectivity index (χ3v) is 3.17. The van der Waals surface area contributed by atoms with E-state index in [9.17, 15) is 4.79 Å². The van der Waals surface area contributed by atoms with Gasteiger partial charge in [0.2, 0.25) is 0 Å². The standard InChI is InChI=1S/C14H19IN4O3/c1-14(2,3)22-13(20)18-12-9(7-17-19-12)6-16-8-10-4-5-11(15)21-10/h4-5,7,16H,6,8H2,1-3H3,(H2,17,18,19,20). The number of nitrogens with zero attached hydrogens (tertiary/aromatic N) is 1. The molecule has 0 fully saturated rings. The van der Waals surface area contributed by atoms with Crippen LogP contribution in [0.15, 0.2) is 22.7 Å². The summed E-state index contributed by atoms with van der Waals surface area (Å²) in [6.07, 6.45) is 1.14. The summed E-state index contributed by atoms with van der Waals surface area (Å²) in [4.78, 5) is 11.8. The molecular weight excluding hydrogens is 399 g/mol. The maximum Gasteiger partial charge on any atom is 0.413 e. The van der Waals surface area contributed by atoms with Crippen molar-refractivity contribution >= 4 is 34.5 Å². The van der Waals surface area contributed by atoms with Crippen LogP contribution in [0.2, 0.25) is 0 Å². The van der Waals surface area contributed by atoms with Crippen LogP contribution >= 0.6 is 22.6 Å². The Balaban J connectivity index is 1.85. The van der Waals surface area contributed by atoms with E-state index in [-0.39, 0.29) is 0 Å². The predicted octanol–water partition coefficient (Wildman–Crippen LogP) is 3.24. The smallest absolute Gasteiger partial charge is 0.413 e. The molecule has 0 radical (unpaired) electrons. The number of aromatic nitrogens is 2. The fraction of sp³-hybridized carbons (Fsp3) is 0.429. The third-order valence-electron chi connectivity index (χ3n) is 2.59. The Labute approximate surface area is 142 Å². The van der Waals surface area contributed by atoms with Gasteiger partial charge in [0.05, 0.1) is 12.7 Å². The van der Waals surface area contributed by atoms with Crippen LogP contribution in [0.5, 0.6) is 0 Å². The molecule has 3 N–H and O–H groups in total. The molecule has 120 valence electrons. The van der Waals surface area contributed by atoms with Crippen molar-refractivity contribution in [2.24, 2.45) is 0 Å². The number of hydrogen-bond acceptors (Lipinski definition) is 5. The van der Waals surface area contributed by atoms with Gasteiger partial charge in [0.1, 0.15) is 17.2 Å². The second-order valence-corrected chi connectivity index (χ2v) is 6.77. The first-order valence-corrected chi connectivity index (χ1v) is 7.88. The van der Waals surface area contributed by atoms with Crippen molar-refractivity contribution in [2.75, 3.05) is 5.32 Å². The number of carbonyl (C=O) groups excluding carboxylic acids is 1. The van der Waals surface area contributed by atoms with Crippen LogP contribution < -0.4 is 10.6 Å². The molecule has 8 heteroatoms. The average Bonchev–Trinajstić information content (AvgIpc) is 2.97. The normalized spacial score (nSPS) is 11.5. The minimum absolute atomic E-state index is 0.515. The third kappa shape index (κ3) is 5.34. The molecule has 0 aromatic carbocycles. The Morgan fingerprint density at radius 2 is 2.18 bits per heavy atom. The Morgan fingerprint density at radius 3 is 2.82 bits per heavy atom. The van der Waals surface area contributed by atoms with Gasteiger partial charge in [0.25, 0.3) is 0 Å². The summed E-state index contributed by atoms with van der Waals surface area (Å²) in [6, 6.07) is 3.83. The molecule has 1 amide bonds. The van der Waals surface area contributed by atoms with Gasteiger partial charge in [-0.15, -0.1) is 0 Å². The number of nitrogens with one attached hydrogen (secondary N) is 3. The van der Waals surface area contributed by atoms with Gasteiger partial charge in [-0.1, -0.05) is 0 Å². The van der Waals surface area contributed by atoms with Crippen molar-refractivity contribution in [1.29, 1.82) is 0 Å². The first-order valence-electron chi connectivity index (χ1n) is 6.80. The van der Waals surface area contributed by atoms with Crippen LogP contribution in [0.1, 0.15) is 32.1 Å². The van der Waals surface area contributed by atoms with E-state index in [0.717, 1.165) is 15.1 Å². The molecule has 7 nitrogen and oxygen atoms in total. The highest BCUT2D eigenvalue weighted by Gasteiger charge is 2.17.